The van der Waals surface area contributed by atoms with E-state index in [-0.39, 0.29) is 11.4 Å². The summed E-state index contributed by atoms with van der Waals surface area (Å²) in [4.78, 5) is 16.8. The first-order valence-corrected chi connectivity index (χ1v) is 10.6. The molecule has 0 aliphatic carbocycles. The lowest BCUT2D eigenvalue weighted by Gasteiger charge is -2.20. The Labute approximate surface area is 179 Å². The molecule has 2 aromatic rings. The van der Waals surface area contributed by atoms with Crippen LogP contribution in [-0.2, 0) is 4.79 Å². The van der Waals surface area contributed by atoms with Gasteiger partial charge in [-0.15, -0.1) is 0 Å². The Morgan fingerprint density at radius 1 is 1.27 bits per heavy atom. The Bertz CT molecular complexity index is 1140. The SMILES string of the molecule is CCCC1=NN2C(=N)/C(=C/c3cc(C)n(-c4ccccc4OC)c3C)C(=O)N=C2S1. The van der Waals surface area contributed by atoms with Crippen molar-refractivity contribution >= 4 is 39.8 Å². The van der Waals surface area contributed by atoms with E-state index >= 15 is 0 Å². The number of methoxy groups -OCH3 is 1. The molecule has 0 saturated heterocycles. The highest BCUT2D eigenvalue weighted by molar-refractivity contribution is 8.26. The lowest BCUT2D eigenvalue weighted by molar-refractivity contribution is -0.114. The zero-order chi connectivity index (χ0) is 21.4. The van der Waals surface area contributed by atoms with Crippen molar-refractivity contribution in [3.05, 3.63) is 52.9 Å². The van der Waals surface area contributed by atoms with E-state index < -0.39 is 5.91 Å². The predicted molar refractivity (Wildman–Crippen MR) is 122 cm³/mol. The number of carbonyl (C=O) groups is 1. The number of rotatable bonds is 5. The van der Waals surface area contributed by atoms with E-state index in [9.17, 15) is 4.79 Å². The van der Waals surface area contributed by atoms with Gasteiger partial charge in [0.1, 0.15) is 10.8 Å². The largest absolute Gasteiger partial charge is 0.495 e. The van der Waals surface area contributed by atoms with E-state index in [2.05, 4.69) is 21.6 Å². The van der Waals surface area contributed by atoms with Gasteiger partial charge in [-0.1, -0.05) is 19.1 Å². The van der Waals surface area contributed by atoms with Gasteiger partial charge in [0.15, 0.2) is 5.84 Å². The second kappa shape index (κ2) is 7.95. The van der Waals surface area contributed by atoms with E-state index in [0.29, 0.717) is 5.17 Å². The number of aryl methyl sites for hydroxylation is 1. The van der Waals surface area contributed by atoms with Gasteiger partial charge >= 0.3 is 0 Å². The van der Waals surface area contributed by atoms with Crippen LogP contribution in [0.3, 0.4) is 0 Å². The molecule has 0 unspecified atom stereocenters. The normalized spacial score (nSPS) is 17.3. The fourth-order valence-corrected chi connectivity index (χ4v) is 4.61. The molecule has 4 rings (SSSR count). The van der Waals surface area contributed by atoms with Gasteiger partial charge in [-0.3, -0.25) is 10.2 Å². The number of carbonyl (C=O) groups excluding carboxylic acids is 1. The predicted octanol–water partition coefficient (Wildman–Crippen LogP) is 4.52. The number of ether oxygens (including phenoxy) is 1. The van der Waals surface area contributed by atoms with Crippen molar-refractivity contribution in [2.45, 2.75) is 33.6 Å². The summed E-state index contributed by atoms with van der Waals surface area (Å²) < 4.78 is 7.60. The van der Waals surface area contributed by atoms with Crippen LogP contribution in [-0.4, -0.2) is 38.6 Å². The highest BCUT2D eigenvalue weighted by atomic mass is 32.2. The van der Waals surface area contributed by atoms with Crippen molar-refractivity contribution in [3.63, 3.8) is 0 Å². The molecule has 2 aliphatic rings. The van der Waals surface area contributed by atoms with Crippen LogP contribution in [0.25, 0.3) is 11.8 Å². The average molecular weight is 422 g/mol. The molecule has 1 aromatic heterocycles. The van der Waals surface area contributed by atoms with Gasteiger partial charge < -0.3 is 9.30 Å². The van der Waals surface area contributed by atoms with Gasteiger partial charge in [-0.05, 0) is 68.3 Å². The number of amidine groups is 2. The summed E-state index contributed by atoms with van der Waals surface area (Å²) in [7, 11) is 1.65. The summed E-state index contributed by atoms with van der Waals surface area (Å²) in [6.45, 7) is 6.06. The average Bonchev–Trinajstić information content (AvgIpc) is 3.25. The van der Waals surface area contributed by atoms with Crippen LogP contribution in [0.5, 0.6) is 5.75 Å². The zero-order valence-electron chi connectivity index (χ0n) is 17.4. The van der Waals surface area contributed by atoms with Crippen LogP contribution in [0.1, 0.15) is 36.7 Å². The van der Waals surface area contributed by atoms with Crippen LogP contribution in [0.15, 0.2) is 46.0 Å². The summed E-state index contributed by atoms with van der Waals surface area (Å²) in [6.07, 6.45) is 3.49. The van der Waals surface area contributed by atoms with Gasteiger partial charge in [0.25, 0.3) is 5.91 Å². The summed E-state index contributed by atoms with van der Waals surface area (Å²) in [5.74, 6) is 0.417. The standard InChI is InChI=1S/C22H23N5O2S/c1-5-8-19-25-27-20(23)16(21(28)24-22(27)30-19)12-15-11-13(2)26(14(15)3)17-9-6-7-10-18(17)29-4/h6-7,9-12,23H,5,8H2,1-4H3/b16-12-,23-20?. The maximum Gasteiger partial charge on any atom is 0.283 e. The Morgan fingerprint density at radius 3 is 2.77 bits per heavy atom. The van der Waals surface area contributed by atoms with Crippen LogP contribution in [0, 0.1) is 19.3 Å². The second-order valence-corrected chi connectivity index (χ2v) is 8.14. The topological polar surface area (TPSA) is 83.0 Å². The van der Waals surface area contributed by atoms with Gasteiger partial charge in [0.05, 0.1) is 18.4 Å². The molecule has 0 bridgehead atoms. The quantitative estimate of drug-likeness (QED) is 0.720. The number of thioether (sulfide) groups is 1. The van der Waals surface area contributed by atoms with E-state index in [4.69, 9.17) is 10.1 Å². The summed E-state index contributed by atoms with van der Waals surface area (Å²) in [5, 5.41) is 15.8. The van der Waals surface area contributed by atoms with Crippen LogP contribution < -0.4 is 4.74 Å². The summed E-state index contributed by atoms with van der Waals surface area (Å²) in [5.41, 5.74) is 3.97. The first-order chi connectivity index (χ1) is 14.4. The third-order valence-electron chi connectivity index (χ3n) is 5.06. The van der Waals surface area contributed by atoms with Crippen LogP contribution in [0.2, 0.25) is 0 Å². The van der Waals surface area contributed by atoms with Gasteiger partial charge in [-0.2, -0.15) is 15.1 Å². The minimum absolute atomic E-state index is 0.0608. The fraction of sp³-hybridized carbons (Fsp3) is 0.273. The van der Waals surface area contributed by atoms with Crippen molar-refractivity contribution in [2.24, 2.45) is 10.1 Å². The number of aromatic nitrogens is 1. The van der Waals surface area contributed by atoms with Crippen molar-refractivity contribution < 1.29 is 9.53 Å². The molecular formula is C22H23N5O2S. The maximum atomic E-state index is 12.7. The van der Waals surface area contributed by atoms with Crippen LogP contribution in [0.4, 0.5) is 0 Å². The molecule has 0 atom stereocenters. The smallest absolute Gasteiger partial charge is 0.283 e. The Hall–Kier alpha value is -3.13. The monoisotopic (exact) mass is 421 g/mol. The molecule has 7 nitrogen and oxygen atoms in total. The molecule has 2 aliphatic heterocycles. The third-order valence-corrected chi connectivity index (χ3v) is 6.02. The Balaban J connectivity index is 1.75. The molecular weight excluding hydrogens is 398 g/mol. The maximum absolute atomic E-state index is 12.7. The number of hydrogen-bond donors (Lipinski definition) is 1. The summed E-state index contributed by atoms with van der Waals surface area (Å²) >= 11 is 1.37. The van der Waals surface area contributed by atoms with Gasteiger partial charge in [-0.25, -0.2) is 0 Å². The molecule has 1 N–H and O–H groups in total. The number of aliphatic imine (C=N–C) groups is 1. The number of nitrogens with one attached hydrogen (secondary N) is 1. The van der Waals surface area contributed by atoms with E-state index in [0.717, 1.165) is 46.3 Å². The number of nitrogens with zero attached hydrogens (tertiary/aromatic N) is 4. The van der Waals surface area contributed by atoms with Crippen molar-refractivity contribution in [2.75, 3.05) is 7.11 Å². The lowest BCUT2D eigenvalue weighted by Crippen LogP contribution is -2.35. The van der Waals surface area contributed by atoms with E-state index in [1.807, 2.05) is 44.2 Å². The molecule has 154 valence electrons. The number of para-hydroxylation sites is 2. The first kappa shape index (κ1) is 20.2. The van der Waals surface area contributed by atoms with Crippen molar-refractivity contribution in [3.8, 4) is 11.4 Å². The molecule has 0 saturated carbocycles. The second-order valence-electron chi connectivity index (χ2n) is 7.10. The van der Waals surface area contributed by atoms with E-state index in [1.54, 1.807) is 13.2 Å². The van der Waals surface area contributed by atoms with Crippen molar-refractivity contribution in [1.29, 1.82) is 5.41 Å². The molecule has 0 spiro atoms. The number of hydrazone groups is 1. The number of fused-ring (bicyclic) bond motifs is 1. The Morgan fingerprint density at radius 2 is 2.03 bits per heavy atom. The molecule has 3 heterocycles. The number of hydrogen-bond acceptors (Lipinski definition) is 5. The third kappa shape index (κ3) is 3.37. The highest BCUT2D eigenvalue weighted by Gasteiger charge is 2.35. The molecule has 8 heteroatoms. The summed E-state index contributed by atoms with van der Waals surface area (Å²) in [6, 6.07) is 9.80. The highest BCUT2D eigenvalue weighted by Crippen LogP contribution is 2.32. The van der Waals surface area contributed by atoms with Gasteiger partial charge in [0.2, 0.25) is 5.17 Å². The fourth-order valence-electron chi connectivity index (χ4n) is 3.62. The molecule has 1 aromatic carbocycles. The Kier molecular flexibility index (Phi) is 5.34. The molecule has 0 fully saturated rings. The lowest BCUT2D eigenvalue weighted by atomic mass is 10.1. The van der Waals surface area contributed by atoms with Crippen LogP contribution >= 0.6 is 11.8 Å². The van der Waals surface area contributed by atoms with Gasteiger partial charge in [0, 0.05) is 11.4 Å². The molecule has 30 heavy (non-hydrogen) atoms. The minimum atomic E-state index is -0.409. The minimum Gasteiger partial charge on any atom is -0.495 e. The molecule has 1 amide bonds. The number of benzene rings is 1. The van der Waals surface area contributed by atoms with Crippen molar-refractivity contribution in [1.82, 2.24) is 9.58 Å². The van der Waals surface area contributed by atoms with E-state index in [1.165, 1.54) is 16.8 Å². The zero-order valence-corrected chi connectivity index (χ0v) is 18.2. The first-order valence-electron chi connectivity index (χ1n) is 9.76. The molecule has 0 radical (unpaired) electrons. The number of amides is 1.